The van der Waals surface area contributed by atoms with E-state index in [2.05, 4.69) is 17.3 Å². The first-order valence-corrected chi connectivity index (χ1v) is 8.98. The number of nitrogens with one attached hydrogen (secondary N) is 1. The van der Waals surface area contributed by atoms with Gasteiger partial charge < -0.3 is 10.1 Å². The van der Waals surface area contributed by atoms with E-state index < -0.39 is 0 Å². The average Bonchev–Trinajstić information content (AvgIpc) is 2.93. The molecule has 0 bridgehead atoms. The Bertz CT molecular complexity index is 763. The Labute approximate surface area is 154 Å². The number of carbonyl (C=O) groups excluding carboxylic acids is 2. The van der Waals surface area contributed by atoms with E-state index in [1.807, 2.05) is 30.7 Å². The van der Waals surface area contributed by atoms with Crippen LogP contribution < -0.4 is 5.32 Å². The number of unbranched alkanes of at least 4 members (excludes halogenated alkanes) is 1. The van der Waals surface area contributed by atoms with E-state index in [1.165, 1.54) is 7.11 Å². The summed E-state index contributed by atoms with van der Waals surface area (Å²) in [7, 11) is 1.39. The zero-order valence-corrected chi connectivity index (χ0v) is 16.0. The lowest BCUT2D eigenvalue weighted by molar-refractivity contribution is -0.140. The molecular weight excluding hydrogens is 330 g/mol. The van der Waals surface area contributed by atoms with Gasteiger partial charge in [0.05, 0.1) is 18.5 Å². The predicted molar refractivity (Wildman–Crippen MR) is 101 cm³/mol. The molecule has 1 heterocycles. The Hall–Kier alpha value is -2.63. The summed E-state index contributed by atoms with van der Waals surface area (Å²) in [4.78, 5) is 23.5. The van der Waals surface area contributed by atoms with E-state index in [4.69, 9.17) is 4.74 Å². The second kappa shape index (κ2) is 9.17. The highest BCUT2D eigenvalue weighted by Gasteiger charge is 2.15. The number of benzene rings is 1. The Morgan fingerprint density at radius 2 is 1.88 bits per heavy atom. The highest BCUT2D eigenvalue weighted by Crippen LogP contribution is 2.20. The molecule has 1 N–H and O–H groups in total. The Morgan fingerprint density at radius 1 is 1.19 bits per heavy atom. The van der Waals surface area contributed by atoms with Crippen LogP contribution in [0.5, 0.6) is 0 Å². The van der Waals surface area contributed by atoms with Gasteiger partial charge in [-0.2, -0.15) is 5.10 Å². The maximum absolute atomic E-state index is 12.1. The number of amides is 1. The maximum Gasteiger partial charge on any atom is 0.305 e. The van der Waals surface area contributed by atoms with Gasteiger partial charge in [-0.25, -0.2) is 4.68 Å². The number of hydrogen-bond acceptors (Lipinski definition) is 4. The van der Waals surface area contributed by atoms with Gasteiger partial charge in [-0.1, -0.05) is 13.3 Å². The fraction of sp³-hybridized carbons (Fsp3) is 0.450. The SMILES string of the molecule is CCCCNC(=O)c1ccc(-n2nc(C)c(CCC(=O)OC)c2C)cc1. The number of rotatable bonds is 8. The molecule has 1 amide bonds. The van der Waals surface area contributed by atoms with E-state index in [0.717, 1.165) is 35.5 Å². The van der Waals surface area contributed by atoms with Crippen molar-refractivity contribution < 1.29 is 14.3 Å². The van der Waals surface area contributed by atoms with Crippen molar-refractivity contribution in [3.8, 4) is 5.69 Å². The molecule has 140 valence electrons. The molecule has 6 nitrogen and oxygen atoms in total. The van der Waals surface area contributed by atoms with Crippen molar-refractivity contribution in [1.82, 2.24) is 15.1 Å². The van der Waals surface area contributed by atoms with E-state index >= 15 is 0 Å². The molecule has 2 aromatic rings. The number of ether oxygens (including phenoxy) is 1. The monoisotopic (exact) mass is 357 g/mol. The van der Waals surface area contributed by atoms with Gasteiger partial charge in [0.1, 0.15) is 0 Å². The number of carbonyl (C=O) groups is 2. The summed E-state index contributed by atoms with van der Waals surface area (Å²) in [6.45, 7) is 6.70. The van der Waals surface area contributed by atoms with Gasteiger partial charge in [-0.15, -0.1) is 0 Å². The standard InChI is InChI=1S/C20H27N3O3/c1-5-6-13-21-20(25)16-7-9-17(10-8-16)23-15(3)18(14(2)22-23)11-12-19(24)26-4/h7-10H,5-6,11-13H2,1-4H3,(H,21,25). The van der Waals surface area contributed by atoms with Gasteiger partial charge in [-0.3, -0.25) is 9.59 Å². The van der Waals surface area contributed by atoms with Crippen LogP contribution in [0.3, 0.4) is 0 Å². The Balaban J connectivity index is 2.13. The van der Waals surface area contributed by atoms with Gasteiger partial charge in [0, 0.05) is 24.2 Å². The van der Waals surface area contributed by atoms with Crippen molar-refractivity contribution in [2.24, 2.45) is 0 Å². The number of hydrogen-bond donors (Lipinski definition) is 1. The first-order valence-electron chi connectivity index (χ1n) is 8.98. The number of esters is 1. The lowest BCUT2D eigenvalue weighted by atomic mass is 10.1. The van der Waals surface area contributed by atoms with Crippen molar-refractivity contribution in [3.63, 3.8) is 0 Å². The van der Waals surface area contributed by atoms with Crippen molar-refractivity contribution in [2.75, 3.05) is 13.7 Å². The summed E-state index contributed by atoms with van der Waals surface area (Å²) in [5.74, 6) is -0.285. The molecule has 0 fully saturated rings. The number of aryl methyl sites for hydroxylation is 1. The predicted octanol–water partition coefficient (Wildman–Crippen LogP) is 3.12. The van der Waals surface area contributed by atoms with Crippen LogP contribution in [-0.4, -0.2) is 35.3 Å². The van der Waals surface area contributed by atoms with E-state index in [1.54, 1.807) is 12.1 Å². The first-order chi connectivity index (χ1) is 12.5. The molecular formula is C20H27N3O3. The van der Waals surface area contributed by atoms with Crippen molar-refractivity contribution >= 4 is 11.9 Å². The molecule has 6 heteroatoms. The summed E-state index contributed by atoms with van der Waals surface area (Å²) in [6.07, 6.45) is 2.96. The lowest BCUT2D eigenvalue weighted by Crippen LogP contribution is -2.24. The highest BCUT2D eigenvalue weighted by molar-refractivity contribution is 5.94. The lowest BCUT2D eigenvalue weighted by Gasteiger charge is -2.08. The van der Waals surface area contributed by atoms with Crippen LogP contribution in [0, 0.1) is 13.8 Å². The van der Waals surface area contributed by atoms with E-state index in [9.17, 15) is 9.59 Å². The third-order valence-electron chi connectivity index (χ3n) is 4.44. The van der Waals surface area contributed by atoms with Gasteiger partial charge in [0.25, 0.3) is 5.91 Å². The largest absolute Gasteiger partial charge is 0.469 e. The van der Waals surface area contributed by atoms with Crippen LogP contribution in [0.25, 0.3) is 5.69 Å². The fourth-order valence-corrected chi connectivity index (χ4v) is 2.85. The van der Waals surface area contributed by atoms with Crippen LogP contribution in [0.2, 0.25) is 0 Å². The van der Waals surface area contributed by atoms with Gasteiger partial charge in [0.2, 0.25) is 0 Å². The molecule has 0 saturated carbocycles. The molecule has 0 unspecified atom stereocenters. The third-order valence-corrected chi connectivity index (χ3v) is 4.44. The number of nitrogens with zero attached hydrogens (tertiary/aromatic N) is 2. The number of aromatic nitrogens is 2. The summed E-state index contributed by atoms with van der Waals surface area (Å²) >= 11 is 0. The zero-order valence-electron chi connectivity index (χ0n) is 16.0. The third kappa shape index (κ3) is 4.71. The molecule has 0 aliphatic rings. The zero-order chi connectivity index (χ0) is 19.1. The molecule has 0 aliphatic carbocycles. The molecule has 0 spiro atoms. The minimum atomic E-state index is -0.227. The first kappa shape index (κ1) is 19.7. The van der Waals surface area contributed by atoms with Gasteiger partial charge in [0.15, 0.2) is 0 Å². The molecule has 1 aromatic heterocycles. The Morgan fingerprint density at radius 3 is 2.50 bits per heavy atom. The second-order valence-electron chi connectivity index (χ2n) is 6.29. The molecule has 0 aliphatic heterocycles. The minimum absolute atomic E-state index is 0.0582. The van der Waals surface area contributed by atoms with Crippen molar-refractivity contribution in [1.29, 1.82) is 0 Å². The molecule has 26 heavy (non-hydrogen) atoms. The summed E-state index contributed by atoms with van der Waals surface area (Å²) in [5.41, 5.74) is 4.47. The van der Waals surface area contributed by atoms with E-state index in [-0.39, 0.29) is 11.9 Å². The highest BCUT2D eigenvalue weighted by atomic mass is 16.5. The number of methoxy groups -OCH3 is 1. The maximum atomic E-state index is 12.1. The summed E-state index contributed by atoms with van der Waals surface area (Å²) < 4.78 is 6.56. The molecule has 1 aromatic carbocycles. The quantitative estimate of drug-likeness (QED) is 0.582. The van der Waals surface area contributed by atoms with Crippen molar-refractivity contribution in [3.05, 3.63) is 46.8 Å². The van der Waals surface area contributed by atoms with Crippen LogP contribution in [0.1, 0.15) is 53.5 Å². The van der Waals surface area contributed by atoms with Gasteiger partial charge >= 0.3 is 5.97 Å². The van der Waals surface area contributed by atoms with E-state index in [0.29, 0.717) is 24.9 Å². The van der Waals surface area contributed by atoms with Gasteiger partial charge in [-0.05, 0) is 56.5 Å². The Kier molecular flexibility index (Phi) is 6.95. The molecule has 0 saturated heterocycles. The topological polar surface area (TPSA) is 73.2 Å². The van der Waals surface area contributed by atoms with Crippen molar-refractivity contribution in [2.45, 2.75) is 46.5 Å². The molecule has 0 radical (unpaired) electrons. The minimum Gasteiger partial charge on any atom is -0.469 e. The van der Waals surface area contributed by atoms with Crippen LogP contribution in [-0.2, 0) is 16.0 Å². The van der Waals surface area contributed by atoms with Crippen LogP contribution in [0.15, 0.2) is 24.3 Å². The molecule has 2 rings (SSSR count). The van der Waals surface area contributed by atoms with Crippen LogP contribution in [0.4, 0.5) is 0 Å². The van der Waals surface area contributed by atoms with Crippen LogP contribution >= 0.6 is 0 Å². The summed E-state index contributed by atoms with van der Waals surface area (Å²) in [6, 6.07) is 7.39. The summed E-state index contributed by atoms with van der Waals surface area (Å²) in [5, 5.41) is 7.49. The second-order valence-corrected chi connectivity index (χ2v) is 6.29. The fourth-order valence-electron chi connectivity index (χ4n) is 2.85. The smallest absolute Gasteiger partial charge is 0.305 e. The molecule has 0 atom stereocenters. The normalized spacial score (nSPS) is 10.6. The average molecular weight is 357 g/mol.